The minimum absolute atomic E-state index is 0.237. The van der Waals surface area contributed by atoms with E-state index in [0.717, 1.165) is 0 Å². The predicted octanol–water partition coefficient (Wildman–Crippen LogP) is 3.23. The zero-order valence-corrected chi connectivity index (χ0v) is 11.8. The molecule has 0 bridgehead atoms. The predicted molar refractivity (Wildman–Crippen MR) is 80.8 cm³/mol. The maximum atomic E-state index is 10.1. The normalized spacial score (nSPS) is 11.2. The van der Waals surface area contributed by atoms with Gasteiger partial charge in [-0.15, -0.1) is 0 Å². The van der Waals surface area contributed by atoms with Crippen LogP contribution in [0.2, 0.25) is 5.02 Å². The van der Waals surface area contributed by atoms with E-state index in [1.807, 2.05) is 6.07 Å². The van der Waals surface area contributed by atoms with Gasteiger partial charge in [0.05, 0.1) is 29.0 Å². The van der Waals surface area contributed by atoms with Gasteiger partial charge in [-0.05, 0) is 35.9 Å². The Morgan fingerprint density at radius 1 is 1.10 bits per heavy atom. The van der Waals surface area contributed by atoms with Gasteiger partial charge in [0.2, 0.25) is 0 Å². The average molecular weight is 298 g/mol. The molecule has 2 N–H and O–H groups in total. The van der Waals surface area contributed by atoms with E-state index in [-0.39, 0.29) is 6.54 Å². The van der Waals surface area contributed by atoms with Crippen molar-refractivity contribution < 1.29 is 5.11 Å². The Bertz CT molecular complexity index is 714. The zero-order chi connectivity index (χ0) is 15.2. The largest absolute Gasteiger partial charge is 0.387 e. The van der Waals surface area contributed by atoms with Gasteiger partial charge in [0.15, 0.2) is 0 Å². The van der Waals surface area contributed by atoms with E-state index < -0.39 is 6.10 Å². The average Bonchev–Trinajstić information content (AvgIpc) is 2.52. The maximum Gasteiger partial charge on any atom is 0.101 e. The highest BCUT2D eigenvalue weighted by Gasteiger charge is 2.09. The highest BCUT2D eigenvalue weighted by Crippen LogP contribution is 2.22. The quantitative estimate of drug-likeness (QED) is 0.908. The summed E-state index contributed by atoms with van der Waals surface area (Å²) in [4.78, 5) is 0. The van der Waals surface area contributed by atoms with Gasteiger partial charge in [0, 0.05) is 11.6 Å². The highest BCUT2D eigenvalue weighted by atomic mass is 35.5. The number of aliphatic hydroxyl groups is 1. The van der Waals surface area contributed by atoms with Crippen LogP contribution in [0.4, 0.5) is 5.69 Å². The highest BCUT2D eigenvalue weighted by molar-refractivity contribution is 6.30. The van der Waals surface area contributed by atoms with Gasteiger partial charge in [-0.2, -0.15) is 10.5 Å². The fraction of sp³-hybridized carbons (Fsp3) is 0.125. The van der Waals surface area contributed by atoms with Crippen LogP contribution in [-0.4, -0.2) is 11.7 Å². The van der Waals surface area contributed by atoms with Crippen molar-refractivity contribution in [2.45, 2.75) is 6.10 Å². The third-order valence-corrected chi connectivity index (χ3v) is 3.25. The first-order valence-electron chi connectivity index (χ1n) is 6.25. The maximum absolute atomic E-state index is 10.1. The number of nitrogens with zero attached hydrogens (tertiary/aromatic N) is 2. The summed E-state index contributed by atoms with van der Waals surface area (Å²) in [5, 5.41) is 31.4. The molecule has 0 spiro atoms. The van der Waals surface area contributed by atoms with Crippen LogP contribution in [0, 0.1) is 22.7 Å². The molecule has 2 rings (SSSR count). The monoisotopic (exact) mass is 297 g/mol. The molecular weight excluding hydrogens is 286 g/mol. The minimum atomic E-state index is -0.747. The lowest BCUT2D eigenvalue weighted by atomic mass is 10.1. The summed E-state index contributed by atoms with van der Waals surface area (Å²) in [6.45, 7) is 0.237. The summed E-state index contributed by atoms with van der Waals surface area (Å²) in [5.41, 5.74) is 2.28. The Morgan fingerprint density at radius 3 is 2.43 bits per heavy atom. The Morgan fingerprint density at radius 2 is 1.81 bits per heavy atom. The molecule has 0 aliphatic heterocycles. The molecular formula is C16H12ClN3O. The lowest BCUT2D eigenvalue weighted by Gasteiger charge is -2.14. The summed E-state index contributed by atoms with van der Waals surface area (Å²) in [6.07, 6.45) is -0.747. The number of rotatable bonds is 4. The molecule has 0 radical (unpaired) electrons. The zero-order valence-electron chi connectivity index (χ0n) is 11.0. The second kappa shape index (κ2) is 6.76. The van der Waals surface area contributed by atoms with Gasteiger partial charge >= 0.3 is 0 Å². The van der Waals surface area contributed by atoms with E-state index in [4.69, 9.17) is 22.1 Å². The SMILES string of the molecule is N#Cc1ccc(C(O)CNc2cc(Cl)ccc2C#N)cc1. The second-order valence-electron chi connectivity index (χ2n) is 4.43. The van der Waals surface area contributed by atoms with Gasteiger partial charge in [0.25, 0.3) is 0 Å². The number of halogens is 1. The van der Waals surface area contributed by atoms with Crippen LogP contribution in [0.3, 0.4) is 0 Å². The van der Waals surface area contributed by atoms with E-state index in [0.29, 0.717) is 27.4 Å². The molecule has 5 heteroatoms. The molecule has 1 unspecified atom stereocenters. The van der Waals surface area contributed by atoms with Crippen molar-refractivity contribution in [3.63, 3.8) is 0 Å². The van der Waals surface area contributed by atoms with Crippen LogP contribution >= 0.6 is 11.6 Å². The molecule has 1 atom stereocenters. The lowest BCUT2D eigenvalue weighted by molar-refractivity contribution is 0.191. The molecule has 4 nitrogen and oxygen atoms in total. The van der Waals surface area contributed by atoms with Gasteiger partial charge in [-0.1, -0.05) is 23.7 Å². The summed E-state index contributed by atoms with van der Waals surface area (Å²) in [7, 11) is 0. The summed E-state index contributed by atoms with van der Waals surface area (Å²) < 4.78 is 0. The topological polar surface area (TPSA) is 79.8 Å². The first-order valence-corrected chi connectivity index (χ1v) is 6.63. The standard InChI is InChI=1S/C16H12ClN3O/c17-14-6-5-13(9-19)15(7-14)20-10-16(21)12-3-1-11(8-18)2-4-12/h1-7,16,20-21H,10H2. The molecule has 2 aromatic carbocycles. The van der Waals surface area contributed by atoms with E-state index >= 15 is 0 Å². The van der Waals surface area contributed by atoms with Crippen LogP contribution in [0.25, 0.3) is 0 Å². The van der Waals surface area contributed by atoms with E-state index in [1.165, 1.54) is 0 Å². The second-order valence-corrected chi connectivity index (χ2v) is 4.87. The molecule has 0 saturated carbocycles. The van der Waals surface area contributed by atoms with Crippen LogP contribution < -0.4 is 5.32 Å². The number of nitrogens with one attached hydrogen (secondary N) is 1. The lowest BCUT2D eigenvalue weighted by Crippen LogP contribution is -2.12. The molecule has 0 aliphatic carbocycles. The molecule has 21 heavy (non-hydrogen) atoms. The molecule has 2 aromatic rings. The summed E-state index contributed by atoms with van der Waals surface area (Å²) in [6, 6.07) is 15.7. The first kappa shape index (κ1) is 14.9. The third-order valence-electron chi connectivity index (χ3n) is 3.01. The van der Waals surface area contributed by atoms with E-state index in [1.54, 1.807) is 42.5 Å². The van der Waals surface area contributed by atoms with Crippen molar-refractivity contribution >= 4 is 17.3 Å². The number of hydrogen-bond acceptors (Lipinski definition) is 4. The molecule has 0 aromatic heterocycles. The third kappa shape index (κ3) is 3.73. The number of aliphatic hydroxyl groups excluding tert-OH is 1. The van der Waals surface area contributed by atoms with Crippen LogP contribution in [0.15, 0.2) is 42.5 Å². The Kier molecular flexibility index (Phi) is 4.79. The van der Waals surface area contributed by atoms with Crippen LogP contribution in [-0.2, 0) is 0 Å². The van der Waals surface area contributed by atoms with Crippen LogP contribution in [0.5, 0.6) is 0 Å². The Labute approximate surface area is 127 Å². The van der Waals surface area contributed by atoms with Crippen molar-refractivity contribution in [3.05, 3.63) is 64.2 Å². The van der Waals surface area contributed by atoms with Crippen molar-refractivity contribution in [1.29, 1.82) is 10.5 Å². The van der Waals surface area contributed by atoms with Gasteiger partial charge < -0.3 is 10.4 Å². The minimum Gasteiger partial charge on any atom is -0.387 e. The van der Waals surface area contributed by atoms with Gasteiger partial charge in [-0.25, -0.2) is 0 Å². The molecule has 0 saturated heterocycles. The summed E-state index contributed by atoms with van der Waals surface area (Å²) in [5.74, 6) is 0. The smallest absolute Gasteiger partial charge is 0.101 e. The number of nitriles is 2. The number of benzene rings is 2. The van der Waals surface area contributed by atoms with E-state index in [9.17, 15) is 5.11 Å². The molecule has 0 heterocycles. The van der Waals surface area contributed by atoms with Crippen molar-refractivity contribution in [2.75, 3.05) is 11.9 Å². The van der Waals surface area contributed by atoms with Crippen molar-refractivity contribution in [1.82, 2.24) is 0 Å². The van der Waals surface area contributed by atoms with Gasteiger partial charge in [0.1, 0.15) is 6.07 Å². The Balaban J connectivity index is 2.07. The fourth-order valence-corrected chi connectivity index (χ4v) is 2.04. The summed E-state index contributed by atoms with van der Waals surface area (Å²) >= 11 is 5.90. The van der Waals surface area contributed by atoms with Crippen molar-refractivity contribution in [2.24, 2.45) is 0 Å². The molecule has 104 valence electrons. The Hall–Kier alpha value is -2.53. The molecule has 0 aliphatic rings. The molecule has 0 fully saturated rings. The number of hydrogen-bond donors (Lipinski definition) is 2. The van der Waals surface area contributed by atoms with E-state index in [2.05, 4.69) is 11.4 Å². The number of anilines is 1. The van der Waals surface area contributed by atoms with Crippen molar-refractivity contribution in [3.8, 4) is 12.1 Å². The first-order chi connectivity index (χ1) is 10.1. The molecule has 0 amide bonds. The van der Waals surface area contributed by atoms with Crippen LogP contribution in [0.1, 0.15) is 22.8 Å². The van der Waals surface area contributed by atoms with Gasteiger partial charge in [-0.3, -0.25) is 0 Å². The fourth-order valence-electron chi connectivity index (χ4n) is 1.86.